The number of nitrogens with one attached hydrogen (secondary N) is 2. The second-order valence-electron chi connectivity index (χ2n) is 5.61. The number of rotatable bonds is 5. The van der Waals surface area contributed by atoms with Gasteiger partial charge in [0.15, 0.2) is 0 Å². The number of amides is 1. The minimum Gasteiger partial charge on any atom is -0.385 e. The molecule has 114 valence electrons. The molecule has 2 unspecified atom stereocenters. The van der Waals surface area contributed by atoms with Gasteiger partial charge in [-0.15, -0.1) is 0 Å². The molecule has 1 saturated carbocycles. The molecule has 0 spiro atoms. The van der Waals surface area contributed by atoms with E-state index < -0.39 is 4.92 Å². The third kappa shape index (κ3) is 3.71. The first-order chi connectivity index (χ1) is 10.0. The lowest BCUT2D eigenvalue weighted by Gasteiger charge is -2.15. The largest absolute Gasteiger partial charge is 0.385 e. The number of carbonyl (C=O) groups is 1. The fourth-order valence-electron chi connectivity index (χ4n) is 2.78. The van der Waals surface area contributed by atoms with E-state index in [0.29, 0.717) is 23.7 Å². The summed E-state index contributed by atoms with van der Waals surface area (Å²) in [5, 5.41) is 16.9. The molecular weight excluding hydrogens is 270 g/mol. The first kappa shape index (κ1) is 15.3. The van der Waals surface area contributed by atoms with Crippen LogP contribution in [-0.4, -0.2) is 23.4 Å². The van der Waals surface area contributed by atoms with Gasteiger partial charge in [0.2, 0.25) is 0 Å². The summed E-state index contributed by atoms with van der Waals surface area (Å²) in [6.07, 6.45) is 3.05. The Kier molecular flexibility index (Phi) is 4.77. The van der Waals surface area contributed by atoms with E-state index >= 15 is 0 Å². The Morgan fingerprint density at radius 1 is 1.43 bits per heavy atom. The quantitative estimate of drug-likeness (QED) is 0.645. The third-order valence-electron chi connectivity index (χ3n) is 3.86. The number of nitro benzene ring substituents is 1. The van der Waals surface area contributed by atoms with Crippen LogP contribution in [0.15, 0.2) is 18.2 Å². The molecule has 2 atom stereocenters. The smallest absolute Gasteiger partial charge is 0.270 e. The lowest BCUT2D eigenvalue weighted by Crippen LogP contribution is -2.33. The van der Waals surface area contributed by atoms with E-state index in [2.05, 4.69) is 17.6 Å². The van der Waals surface area contributed by atoms with E-state index in [1.165, 1.54) is 12.1 Å². The summed E-state index contributed by atoms with van der Waals surface area (Å²) in [5.74, 6) is 0.377. The predicted molar refractivity (Wildman–Crippen MR) is 81.5 cm³/mol. The Balaban J connectivity index is 2.20. The lowest BCUT2D eigenvalue weighted by molar-refractivity contribution is -0.384. The highest BCUT2D eigenvalue weighted by atomic mass is 16.6. The van der Waals surface area contributed by atoms with Gasteiger partial charge in [0.1, 0.15) is 0 Å². The molecule has 0 bridgehead atoms. The van der Waals surface area contributed by atoms with Gasteiger partial charge in [-0.3, -0.25) is 14.9 Å². The number of nitrogens with zero attached hydrogens (tertiary/aromatic N) is 1. The van der Waals surface area contributed by atoms with Crippen molar-refractivity contribution < 1.29 is 9.72 Å². The number of nitro groups is 1. The van der Waals surface area contributed by atoms with Crippen molar-refractivity contribution in [2.45, 2.75) is 39.2 Å². The molecule has 1 amide bonds. The zero-order valence-corrected chi connectivity index (χ0v) is 12.4. The fraction of sp³-hybridized carbons (Fsp3) is 0.533. The molecule has 1 aliphatic carbocycles. The number of hydrogen-bond donors (Lipinski definition) is 2. The van der Waals surface area contributed by atoms with Crippen LogP contribution in [0.25, 0.3) is 0 Å². The van der Waals surface area contributed by atoms with Gasteiger partial charge in [-0.1, -0.05) is 6.92 Å². The summed E-state index contributed by atoms with van der Waals surface area (Å²) in [6, 6.07) is 4.51. The van der Waals surface area contributed by atoms with Crippen LogP contribution in [0, 0.1) is 16.0 Å². The second kappa shape index (κ2) is 6.56. The minimum absolute atomic E-state index is 0.0680. The molecule has 6 nitrogen and oxygen atoms in total. The standard InChI is InChI=1S/C15H21N3O3/c1-3-16-14-7-6-12(18(20)21)9-13(14)15(19)17-11-5-4-10(2)8-11/h6-7,9-11,16H,3-5,8H2,1-2H3,(H,17,19). The summed E-state index contributed by atoms with van der Waals surface area (Å²) in [6.45, 7) is 4.74. The van der Waals surface area contributed by atoms with E-state index in [0.717, 1.165) is 19.3 Å². The average Bonchev–Trinajstić information content (AvgIpc) is 2.84. The van der Waals surface area contributed by atoms with E-state index in [9.17, 15) is 14.9 Å². The van der Waals surface area contributed by atoms with Crippen LogP contribution in [0.1, 0.15) is 43.5 Å². The van der Waals surface area contributed by atoms with E-state index in [-0.39, 0.29) is 17.6 Å². The first-order valence-corrected chi connectivity index (χ1v) is 7.34. The number of anilines is 1. The second-order valence-corrected chi connectivity index (χ2v) is 5.61. The Hall–Kier alpha value is -2.11. The SMILES string of the molecule is CCNc1ccc([N+](=O)[O-])cc1C(=O)NC1CCC(C)C1. The molecule has 1 aromatic carbocycles. The summed E-state index contributed by atoms with van der Waals surface area (Å²) in [4.78, 5) is 22.8. The van der Waals surface area contributed by atoms with Gasteiger partial charge in [0.05, 0.1) is 10.5 Å². The summed E-state index contributed by atoms with van der Waals surface area (Å²) < 4.78 is 0. The van der Waals surface area contributed by atoms with Crippen LogP contribution < -0.4 is 10.6 Å². The topological polar surface area (TPSA) is 84.3 Å². The Morgan fingerprint density at radius 2 is 2.19 bits per heavy atom. The van der Waals surface area contributed by atoms with Gasteiger partial charge in [0.25, 0.3) is 11.6 Å². The van der Waals surface area contributed by atoms with Crippen molar-refractivity contribution in [1.29, 1.82) is 0 Å². The van der Waals surface area contributed by atoms with E-state index in [1.54, 1.807) is 6.07 Å². The molecule has 1 aromatic rings. The predicted octanol–water partition coefficient (Wildman–Crippen LogP) is 2.95. The monoisotopic (exact) mass is 291 g/mol. The first-order valence-electron chi connectivity index (χ1n) is 7.34. The highest BCUT2D eigenvalue weighted by molar-refractivity contribution is 6.00. The van der Waals surface area contributed by atoms with Crippen LogP contribution in [-0.2, 0) is 0 Å². The van der Waals surface area contributed by atoms with Crippen LogP contribution in [0.3, 0.4) is 0 Å². The molecule has 0 radical (unpaired) electrons. The molecule has 0 saturated heterocycles. The lowest BCUT2D eigenvalue weighted by atomic mass is 10.1. The molecule has 0 aromatic heterocycles. The Labute approximate surface area is 124 Å². The molecule has 6 heteroatoms. The Morgan fingerprint density at radius 3 is 2.76 bits per heavy atom. The number of hydrogen-bond acceptors (Lipinski definition) is 4. The van der Waals surface area contributed by atoms with Gasteiger partial charge < -0.3 is 10.6 Å². The van der Waals surface area contributed by atoms with Crippen molar-refractivity contribution in [2.24, 2.45) is 5.92 Å². The van der Waals surface area contributed by atoms with Crippen LogP contribution in [0.2, 0.25) is 0 Å². The molecule has 0 heterocycles. The van der Waals surface area contributed by atoms with Crippen LogP contribution in [0.5, 0.6) is 0 Å². The zero-order chi connectivity index (χ0) is 15.4. The molecule has 2 N–H and O–H groups in total. The molecule has 2 rings (SSSR count). The van der Waals surface area contributed by atoms with Gasteiger partial charge in [-0.05, 0) is 38.2 Å². The minimum atomic E-state index is -0.482. The van der Waals surface area contributed by atoms with Crippen molar-refractivity contribution >= 4 is 17.3 Å². The van der Waals surface area contributed by atoms with Gasteiger partial charge >= 0.3 is 0 Å². The normalized spacial score (nSPS) is 21.0. The van der Waals surface area contributed by atoms with Gasteiger partial charge in [0, 0.05) is 30.4 Å². The third-order valence-corrected chi connectivity index (χ3v) is 3.86. The highest BCUT2D eigenvalue weighted by Gasteiger charge is 2.24. The van der Waals surface area contributed by atoms with Crippen molar-refractivity contribution in [3.63, 3.8) is 0 Å². The maximum atomic E-state index is 12.4. The van der Waals surface area contributed by atoms with Crippen molar-refractivity contribution in [3.8, 4) is 0 Å². The summed E-state index contributed by atoms with van der Waals surface area (Å²) >= 11 is 0. The molecule has 0 aliphatic heterocycles. The summed E-state index contributed by atoms with van der Waals surface area (Å²) in [5.41, 5.74) is 0.902. The molecular formula is C15H21N3O3. The molecule has 21 heavy (non-hydrogen) atoms. The average molecular weight is 291 g/mol. The maximum Gasteiger partial charge on any atom is 0.270 e. The van der Waals surface area contributed by atoms with Crippen molar-refractivity contribution in [1.82, 2.24) is 5.32 Å². The van der Waals surface area contributed by atoms with Crippen LogP contribution in [0.4, 0.5) is 11.4 Å². The van der Waals surface area contributed by atoms with Crippen molar-refractivity contribution in [3.05, 3.63) is 33.9 Å². The number of non-ortho nitro benzene ring substituents is 1. The zero-order valence-electron chi connectivity index (χ0n) is 12.4. The van der Waals surface area contributed by atoms with Crippen LogP contribution >= 0.6 is 0 Å². The molecule has 1 fully saturated rings. The Bertz CT molecular complexity index is 545. The van der Waals surface area contributed by atoms with Gasteiger partial charge in [-0.2, -0.15) is 0 Å². The summed E-state index contributed by atoms with van der Waals surface area (Å²) in [7, 11) is 0. The van der Waals surface area contributed by atoms with Crippen molar-refractivity contribution in [2.75, 3.05) is 11.9 Å². The van der Waals surface area contributed by atoms with E-state index in [1.807, 2.05) is 6.92 Å². The number of benzene rings is 1. The van der Waals surface area contributed by atoms with E-state index in [4.69, 9.17) is 0 Å². The number of carbonyl (C=O) groups excluding carboxylic acids is 1. The van der Waals surface area contributed by atoms with Gasteiger partial charge in [-0.25, -0.2) is 0 Å². The fourth-order valence-corrected chi connectivity index (χ4v) is 2.78. The maximum absolute atomic E-state index is 12.4. The highest BCUT2D eigenvalue weighted by Crippen LogP contribution is 2.26. The molecule has 1 aliphatic rings.